The van der Waals surface area contributed by atoms with Crippen molar-refractivity contribution in [1.82, 2.24) is 10.2 Å². The number of nitro groups is 1. The number of rotatable bonds is 6. The molecule has 0 aromatic heterocycles. The Morgan fingerprint density at radius 1 is 1.43 bits per heavy atom. The van der Waals surface area contributed by atoms with Crippen LogP contribution in [0.3, 0.4) is 0 Å². The SMILES string of the molecule is CC1CCN(CCCNC(=O)c2cc([N+](=O)[O-])ccc2Cl)CC1. The van der Waals surface area contributed by atoms with Gasteiger partial charge in [-0.3, -0.25) is 14.9 Å². The second kappa shape index (κ2) is 8.26. The van der Waals surface area contributed by atoms with Crippen molar-refractivity contribution in [2.75, 3.05) is 26.2 Å². The third-order valence-corrected chi connectivity index (χ3v) is 4.55. The van der Waals surface area contributed by atoms with E-state index in [1.165, 1.54) is 31.0 Å². The summed E-state index contributed by atoms with van der Waals surface area (Å²) >= 11 is 5.95. The fraction of sp³-hybridized carbons (Fsp3) is 0.562. The van der Waals surface area contributed by atoms with Gasteiger partial charge < -0.3 is 10.2 Å². The first-order chi connectivity index (χ1) is 11.0. The Morgan fingerprint density at radius 3 is 2.78 bits per heavy atom. The summed E-state index contributed by atoms with van der Waals surface area (Å²) in [6.45, 7) is 6.00. The first-order valence-corrected chi connectivity index (χ1v) is 8.29. The number of nitro benzene ring substituents is 1. The zero-order valence-corrected chi connectivity index (χ0v) is 14.0. The summed E-state index contributed by atoms with van der Waals surface area (Å²) < 4.78 is 0. The van der Waals surface area contributed by atoms with E-state index in [2.05, 4.69) is 17.1 Å². The lowest BCUT2D eigenvalue weighted by atomic mass is 9.99. The fourth-order valence-corrected chi connectivity index (χ4v) is 2.89. The monoisotopic (exact) mass is 339 g/mol. The van der Waals surface area contributed by atoms with Gasteiger partial charge in [0.1, 0.15) is 0 Å². The zero-order valence-electron chi connectivity index (χ0n) is 13.3. The minimum Gasteiger partial charge on any atom is -0.352 e. The quantitative estimate of drug-likeness (QED) is 0.491. The van der Waals surface area contributed by atoms with E-state index in [0.29, 0.717) is 6.54 Å². The van der Waals surface area contributed by atoms with Gasteiger partial charge in [-0.05, 0) is 50.9 Å². The molecule has 0 spiro atoms. The minimum absolute atomic E-state index is 0.137. The maximum Gasteiger partial charge on any atom is 0.270 e. The Hall–Kier alpha value is -1.66. The maximum atomic E-state index is 12.1. The molecule has 1 heterocycles. The highest BCUT2D eigenvalue weighted by Gasteiger charge is 2.17. The fourth-order valence-electron chi connectivity index (χ4n) is 2.69. The first kappa shape index (κ1) is 17.7. The number of nitrogens with one attached hydrogen (secondary N) is 1. The largest absolute Gasteiger partial charge is 0.352 e. The number of non-ortho nitro benzene ring substituents is 1. The second-order valence-corrected chi connectivity index (χ2v) is 6.46. The summed E-state index contributed by atoms with van der Waals surface area (Å²) in [6, 6.07) is 3.88. The highest BCUT2D eigenvalue weighted by atomic mass is 35.5. The normalized spacial score (nSPS) is 16.3. The minimum atomic E-state index is -0.537. The Morgan fingerprint density at radius 2 is 2.13 bits per heavy atom. The lowest BCUT2D eigenvalue weighted by molar-refractivity contribution is -0.384. The molecule has 1 aliphatic rings. The first-order valence-electron chi connectivity index (χ1n) is 7.92. The smallest absolute Gasteiger partial charge is 0.270 e. The van der Waals surface area contributed by atoms with Crippen LogP contribution in [0.15, 0.2) is 18.2 Å². The van der Waals surface area contributed by atoms with Gasteiger partial charge in [0.05, 0.1) is 15.5 Å². The van der Waals surface area contributed by atoms with Crippen LogP contribution in [0.5, 0.6) is 0 Å². The molecular formula is C16H22ClN3O3. The van der Waals surface area contributed by atoms with E-state index < -0.39 is 4.92 Å². The molecule has 7 heteroatoms. The van der Waals surface area contributed by atoms with Crippen molar-refractivity contribution in [3.8, 4) is 0 Å². The summed E-state index contributed by atoms with van der Waals surface area (Å²) in [5.74, 6) is 0.438. The molecule has 0 saturated carbocycles. The number of likely N-dealkylation sites (tertiary alicyclic amines) is 1. The molecule has 1 fully saturated rings. The van der Waals surface area contributed by atoms with Gasteiger partial charge in [0.15, 0.2) is 0 Å². The van der Waals surface area contributed by atoms with Crippen LogP contribution < -0.4 is 5.32 Å². The van der Waals surface area contributed by atoms with Crippen molar-refractivity contribution in [2.45, 2.75) is 26.2 Å². The lowest BCUT2D eigenvalue weighted by Crippen LogP contribution is -2.35. The van der Waals surface area contributed by atoms with Crippen molar-refractivity contribution in [1.29, 1.82) is 0 Å². The highest BCUT2D eigenvalue weighted by molar-refractivity contribution is 6.33. The number of hydrogen-bond acceptors (Lipinski definition) is 4. The Kier molecular flexibility index (Phi) is 6.36. The van der Waals surface area contributed by atoms with Gasteiger partial charge in [-0.1, -0.05) is 18.5 Å². The van der Waals surface area contributed by atoms with Gasteiger partial charge in [-0.15, -0.1) is 0 Å². The maximum absolute atomic E-state index is 12.1. The zero-order chi connectivity index (χ0) is 16.8. The van der Waals surface area contributed by atoms with Gasteiger partial charge in [0, 0.05) is 18.7 Å². The standard InChI is InChI=1S/C16H22ClN3O3/c1-12-5-9-19(10-6-12)8-2-7-18-16(21)14-11-13(20(22)23)3-4-15(14)17/h3-4,11-12H,2,5-10H2,1H3,(H,18,21). The van der Waals surface area contributed by atoms with Crippen LogP contribution in [0.25, 0.3) is 0 Å². The third-order valence-electron chi connectivity index (χ3n) is 4.22. The summed E-state index contributed by atoms with van der Waals surface area (Å²) in [5, 5.41) is 13.8. The van der Waals surface area contributed by atoms with Gasteiger partial charge >= 0.3 is 0 Å². The topological polar surface area (TPSA) is 75.5 Å². The van der Waals surface area contributed by atoms with E-state index in [1.54, 1.807) is 0 Å². The summed E-state index contributed by atoms with van der Waals surface area (Å²) in [7, 11) is 0. The molecule has 1 amide bonds. The molecule has 2 rings (SSSR count). The van der Waals surface area contributed by atoms with Gasteiger partial charge in [0.2, 0.25) is 0 Å². The molecule has 1 aliphatic heterocycles. The van der Waals surface area contributed by atoms with Crippen molar-refractivity contribution in [3.05, 3.63) is 38.9 Å². The molecule has 0 unspecified atom stereocenters. The summed E-state index contributed by atoms with van der Waals surface area (Å²) in [4.78, 5) is 24.7. The molecule has 0 atom stereocenters. The Bertz CT molecular complexity index is 572. The number of halogens is 1. The highest BCUT2D eigenvalue weighted by Crippen LogP contribution is 2.22. The third kappa shape index (κ3) is 5.18. The van der Waals surface area contributed by atoms with Crippen molar-refractivity contribution >= 4 is 23.2 Å². The van der Waals surface area contributed by atoms with E-state index in [0.717, 1.165) is 32.0 Å². The number of carbonyl (C=O) groups excluding carboxylic acids is 1. The van der Waals surface area contributed by atoms with Crippen LogP contribution in [0.1, 0.15) is 36.5 Å². The van der Waals surface area contributed by atoms with E-state index in [9.17, 15) is 14.9 Å². The van der Waals surface area contributed by atoms with Crippen LogP contribution >= 0.6 is 11.6 Å². The van der Waals surface area contributed by atoms with Crippen molar-refractivity contribution < 1.29 is 9.72 Å². The van der Waals surface area contributed by atoms with E-state index >= 15 is 0 Å². The molecule has 126 valence electrons. The molecule has 1 saturated heterocycles. The molecule has 0 aliphatic carbocycles. The van der Waals surface area contributed by atoms with E-state index in [1.807, 2.05) is 0 Å². The molecule has 0 radical (unpaired) electrons. The van der Waals surface area contributed by atoms with Crippen LogP contribution in [-0.2, 0) is 0 Å². The van der Waals surface area contributed by atoms with Crippen molar-refractivity contribution in [3.63, 3.8) is 0 Å². The van der Waals surface area contributed by atoms with Crippen LogP contribution in [0.2, 0.25) is 5.02 Å². The molecule has 1 aromatic carbocycles. The Balaban J connectivity index is 1.78. The number of hydrogen-bond donors (Lipinski definition) is 1. The average molecular weight is 340 g/mol. The molecule has 0 bridgehead atoms. The van der Waals surface area contributed by atoms with E-state index in [-0.39, 0.29) is 22.2 Å². The van der Waals surface area contributed by atoms with Gasteiger partial charge in [0.25, 0.3) is 11.6 Å². The van der Waals surface area contributed by atoms with Gasteiger partial charge in [-0.2, -0.15) is 0 Å². The number of amides is 1. The molecular weight excluding hydrogens is 318 g/mol. The lowest BCUT2D eigenvalue weighted by Gasteiger charge is -2.30. The van der Waals surface area contributed by atoms with Crippen LogP contribution in [-0.4, -0.2) is 41.9 Å². The summed E-state index contributed by atoms with van der Waals surface area (Å²) in [5.41, 5.74) is 0.00894. The summed E-state index contributed by atoms with van der Waals surface area (Å²) in [6.07, 6.45) is 3.32. The van der Waals surface area contributed by atoms with Crippen LogP contribution in [0, 0.1) is 16.0 Å². The molecule has 1 aromatic rings. The molecule has 1 N–H and O–H groups in total. The van der Waals surface area contributed by atoms with Crippen molar-refractivity contribution in [2.24, 2.45) is 5.92 Å². The molecule has 23 heavy (non-hydrogen) atoms. The predicted octanol–water partition coefficient (Wildman–Crippen LogP) is 3.10. The number of carbonyl (C=O) groups is 1. The second-order valence-electron chi connectivity index (χ2n) is 6.05. The predicted molar refractivity (Wildman–Crippen MR) is 89.9 cm³/mol. The number of benzene rings is 1. The van der Waals surface area contributed by atoms with Crippen LogP contribution in [0.4, 0.5) is 5.69 Å². The van der Waals surface area contributed by atoms with Gasteiger partial charge in [-0.25, -0.2) is 0 Å². The molecule has 6 nitrogen and oxygen atoms in total. The number of piperidine rings is 1. The Labute approximate surface area is 141 Å². The number of nitrogens with zero attached hydrogens (tertiary/aromatic N) is 2. The average Bonchev–Trinajstić information content (AvgIpc) is 2.53. The van der Waals surface area contributed by atoms with E-state index in [4.69, 9.17) is 11.6 Å².